The Bertz CT molecular complexity index is 819. The summed E-state index contributed by atoms with van der Waals surface area (Å²) in [5.74, 6) is 5.31. The zero-order chi connectivity index (χ0) is 21.6. The molecule has 1 aromatic rings. The Morgan fingerprint density at radius 3 is 2.77 bits per heavy atom. The van der Waals surface area contributed by atoms with E-state index in [4.69, 9.17) is 15.1 Å². The number of nitrogens with zero attached hydrogens (tertiary/aromatic N) is 2. The quantitative estimate of drug-likeness (QED) is 0.481. The van der Waals surface area contributed by atoms with E-state index in [9.17, 15) is 0 Å². The first-order chi connectivity index (χ1) is 14.9. The summed E-state index contributed by atoms with van der Waals surface area (Å²) in [6, 6.07) is 1.90. The van der Waals surface area contributed by atoms with Gasteiger partial charge in [-0.2, -0.15) is 0 Å². The second-order valence-electron chi connectivity index (χ2n) is 11.6. The monoisotopic (exact) mass is 427 g/mol. The fourth-order valence-corrected chi connectivity index (χ4v) is 8.26. The standard InChI is InChI=1S/C26H41N3O2/c1-17-4-7-23-22-6-5-18-14-19(28-30-13-10-20-15-21(16-27)31-29-20)8-11-26(18,3)24(22)9-12-25(17,23)2/h15,17-18,22-24H,4-14,16,27H2,1-3H3/t17-,18?,22?,23?,24?,25+,26-/m0/s1. The van der Waals surface area contributed by atoms with Crippen molar-refractivity contribution in [3.05, 3.63) is 17.5 Å². The van der Waals surface area contributed by atoms with Crippen LogP contribution in [0.2, 0.25) is 0 Å². The van der Waals surface area contributed by atoms with Crippen molar-refractivity contribution >= 4 is 5.71 Å². The zero-order valence-electron chi connectivity index (χ0n) is 19.7. The minimum Gasteiger partial charge on any atom is -0.395 e. The van der Waals surface area contributed by atoms with Gasteiger partial charge in [0.15, 0.2) is 5.76 Å². The molecule has 0 radical (unpaired) electrons. The summed E-state index contributed by atoms with van der Waals surface area (Å²) >= 11 is 0. The van der Waals surface area contributed by atoms with Crippen LogP contribution in [0.25, 0.3) is 0 Å². The molecular weight excluding hydrogens is 386 g/mol. The molecule has 0 aromatic carbocycles. The number of hydrogen-bond acceptors (Lipinski definition) is 5. The maximum Gasteiger partial charge on any atom is 0.150 e. The second kappa shape index (κ2) is 8.20. The molecule has 31 heavy (non-hydrogen) atoms. The molecule has 4 saturated carbocycles. The van der Waals surface area contributed by atoms with Crippen molar-refractivity contribution in [3.63, 3.8) is 0 Å². The van der Waals surface area contributed by atoms with E-state index in [0.29, 0.717) is 30.4 Å². The van der Waals surface area contributed by atoms with E-state index in [1.165, 1.54) is 50.7 Å². The Hall–Kier alpha value is -1.36. The van der Waals surface area contributed by atoms with Crippen LogP contribution < -0.4 is 5.73 Å². The average molecular weight is 428 g/mol. The Morgan fingerprint density at radius 2 is 1.97 bits per heavy atom. The van der Waals surface area contributed by atoms with E-state index in [2.05, 4.69) is 31.1 Å². The van der Waals surface area contributed by atoms with Gasteiger partial charge < -0.3 is 15.1 Å². The third-order valence-electron chi connectivity index (χ3n) is 10.4. The fraction of sp³-hybridized carbons (Fsp3) is 0.846. The summed E-state index contributed by atoms with van der Waals surface area (Å²) in [6.07, 6.45) is 12.9. The number of oxime groups is 1. The maximum atomic E-state index is 5.70. The molecule has 5 nitrogen and oxygen atoms in total. The van der Waals surface area contributed by atoms with Gasteiger partial charge in [0.2, 0.25) is 0 Å². The van der Waals surface area contributed by atoms with Gasteiger partial charge in [-0.1, -0.05) is 31.1 Å². The molecule has 0 saturated heterocycles. The van der Waals surface area contributed by atoms with Gasteiger partial charge in [0.1, 0.15) is 6.61 Å². The maximum absolute atomic E-state index is 5.70. The number of hydrogen-bond donors (Lipinski definition) is 1. The zero-order valence-corrected chi connectivity index (χ0v) is 19.7. The molecule has 2 N–H and O–H groups in total. The number of fused-ring (bicyclic) bond motifs is 5. The highest BCUT2D eigenvalue weighted by molar-refractivity contribution is 5.85. The fourth-order valence-electron chi connectivity index (χ4n) is 8.26. The van der Waals surface area contributed by atoms with Crippen molar-refractivity contribution in [2.45, 2.75) is 91.5 Å². The minimum atomic E-state index is 0.386. The van der Waals surface area contributed by atoms with Gasteiger partial charge in [0.25, 0.3) is 0 Å². The van der Waals surface area contributed by atoms with Gasteiger partial charge in [0, 0.05) is 12.5 Å². The Balaban J connectivity index is 1.19. The molecule has 5 heteroatoms. The summed E-state index contributed by atoms with van der Waals surface area (Å²) in [7, 11) is 0. The van der Waals surface area contributed by atoms with Gasteiger partial charge in [-0.05, 0) is 98.2 Å². The molecule has 0 spiro atoms. The first-order valence-corrected chi connectivity index (χ1v) is 12.8. The lowest BCUT2D eigenvalue weighted by Crippen LogP contribution is -2.53. The molecular formula is C26H41N3O2. The topological polar surface area (TPSA) is 73.6 Å². The van der Waals surface area contributed by atoms with Crippen LogP contribution in [0.3, 0.4) is 0 Å². The van der Waals surface area contributed by atoms with E-state index >= 15 is 0 Å². The number of rotatable bonds is 5. The molecule has 172 valence electrons. The SMILES string of the molecule is C[C@H]1CCC2C3CCC4CC(=NOCCc5cc(CN)on5)CC[C@]4(C)C3CC[C@@]21C. The molecule has 0 aliphatic heterocycles. The summed E-state index contributed by atoms with van der Waals surface area (Å²) < 4.78 is 5.15. The van der Waals surface area contributed by atoms with Gasteiger partial charge in [-0.3, -0.25) is 0 Å². The molecule has 1 aromatic heterocycles. The van der Waals surface area contributed by atoms with Crippen LogP contribution in [0, 0.1) is 40.4 Å². The van der Waals surface area contributed by atoms with Crippen molar-refractivity contribution in [3.8, 4) is 0 Å². The summed E-state index contributed by atoms with van der Waals surface area (Å²) in [5, 5.41) is 8.58. The van der Waals surface area contributed by atoms with Crippen LogP contribution in [0.1, 0.15) is 90.0 Å². The lowest BCUT2D eigenvalue weighted by atomic mass is 9.45. The predicted molar refractivity (Wildman–Crippen MR) is 122 cm³/mol. The summed E-state index contributed by atoms with van der Waals surface area (Å²) in [6.45, 7) is 8.71. The highest BCUT2D eigenvalue weighted by Gasteiger charge is 2.59. The minimum absolute atomic E-state index is 0.386. The van der Waals surface area contributed by atoms with Crippen molar-refractivity contribution < 1.29 is 9.36 Å². The molecule has 1 heterocycles. The smallest absolute Gasteiger partial charge is 0.150 e. The van der Waals surface area contributed by atoms with Crippen molar-refractivity contribution in [2.24, 2.45) is 51.3 Å². The molecule has 4 aliphatic carbocycles. The van der Waals surface area contributed by atoms with E-state index < -0.39 is 0 Å². The Morgan fingerprint density at radius 1 is 1.13 bits per heavy atom. The van der Waals surface area contributed by atoms with Gasteiger partial charge in [-0.25, -0.2) is 0 Å². The van der Waals surface area contributed by atoms with Crippen LogP contribution >= 0.6 is 0 Å². The number of aromatic nitrogens is 1. The molecule has 4 unspecified atom stereocenters. The number of nitrogens with two attached hydrogens (primary N) is 1. The summed E-state index contributed by atoms with van der Waals surface area (Å²) in [5.41, 5.74) is 8.87. The van der Waals surface area contributed by atoms with Crippen LogP contribution in [-0.4, -0.2) is 17.5 Å². The lowest BCUT2D eigenvalue weighted by Gasteiger charge is -2.60. The first kappa shape index (κ1) is 21.5. The second-order valence-corrected chi connectivity index (χ2v) is 11.6. The van der Waals surface area contributed by atoms with Gasteiger partial charge in [-0.15, -0.1) is 0 Å². The van der Waals surface area contributed by atoms with Crippen molar-refractivity contribution in [2.75, 3.05) is 6.61 Å². The van der Waals surface area contributed by atoms with E-state index in [0.717, 1.165) is 53.9 Å². The van der Waals surface area contributed by atoms with Gasteiger partial charge >= 0.3 is 0 Å². The summed E-state index contributed by atoms with van der Waals surface area (Å²) in [4.78, 5) is 5.70. The molecule has 0 bridgehead atoms. The van der Waals surface area contributed by atoms with Crippen LogP contribution in [0.4, 0.5) is 0 Å². The molecule has 4 aliphatic rings. The molecule has 0 amide bonds. The highest BCUT2D eigenvalue weighted by Crippen LogP contribution is 2.67. The first-order valence-electron chi connectivity index (χ1n) is 12.8. The highest BCUT2D eigenvalue weighted by atomic mass is 16.6. The predicted octanol–water partition coefficient (Wildman–Crippen LogP) is 5.73. The molecule has 5 rings (SSSR count). The molecule has 4 fully saturated rings. The average Bonchev–Trinajstić information content (AvgIpc) is 3.35. The van der Waals surface area contributed by atoms with Crippen molar-refractivity contribution in [1.82, 2.24) is 5.16 Å². The third kappa shape index (κ3) is 3.65. The largest absolute Gasteiger partial charge is 0.395 e. The van der Waals surface area contributed by atoms with Crippen LogP contribution in [0.5, 0.6) is 0 Å². The van der Waals surface area contributed by atoms with E-state index in [1.807, 2.05) is 6.07 Å². The Labute approximate surface area is 187 Å². The molecule has 7 atom stereocenters. The third-order valence-corrected chi connectivity index (χ3v) is 10.4. The van der Waals surface area contributed by atoms with E-state index in [-0.39, 0.29) is 0 Å². The van der Waals surface area contributed by atoms with Gasteiger partial charge in [0.05, 0.1) is 18.0 Å². The Kier molecular flexibility index (Phi) is 5.69. The van der Waals surface area contributed by atoms with Crippen LogP contribution in [0.15, 0.2) is 15.7 Å². The lowest BCUT2D eigenvalue weighted by molar-refractivity contribution is -0.0994. The van der Waals surface area contributed by atoms with Crippen molar-refractivity contribution in [1.29, 1.82) is 0 Å². The van der Waals surface area contributed by atoms with E-state index in [1.54, 1.807) is 0 Å². The van der Waals surface area contributed by atoms with Crippen LogP contribution in [-0.2, 0) is 17.8 Å². The normalized spacial score (nSPS) is 43.4.